The standard InChI is InChI=1S/C22H18Cl2N2O2S2/c23-16-5-3-15(4-6-16)2-1-11-25-12-13-26(22(28)21(25)27)14-17-7-8-18(29-17)19-9-10-20(24)30-19/h1-10H,11-14H2/b2-1+. The van der Waals surface area contributed by atoms with Crippen molar-refractivity contribution in [3.8, 4) is 9.75 Å². The first kappa shape index (κ1) is 21.1. The van der Waals surface area contributed by atoms with Crippen molar-refractivity contribution in [3.63, 3.8) is 0 Å². The number of rotatable bonds is 6. The number of piperazine rings is 1. The van der Waals surface area contributed by atoms with Gasteiger partial charge in [-0.25, -0.2) is 0 Å². The molecule has 30 heavy (non-hydrogen) atoms. The van der Waals surface area contributed by atoms with Crippen LogP contribution in [0.1, 0.15) is 10.4 Å². The van der Waals surface area contributed by atoms with E-state index in [4.69, 9.17) is 23.2 Å². The zero-order chi connectivity index (χ0) is 21.1. The molecule has 3 aromatic rings. The van der Waals surface area contributed by atoms with Crippen molar-refractivity contribution in [3.05, 3.63) is 74.4 Å². The molecule has 4 nitrogen and oxygen atoms in total. The van der Waals surface area contributed by atoms with Gasteiger partial charge in [0.15, 0.2) is 0 Å². The molecule has 0 aliphatic carbocycles. The fraction of sp³-hybridized carbons (Fsp3) is 0.182. The monoisotopic (exact) mass is 476 g/mol. The molecule has 3 heterocycles. The second-order valence-electron chi connectivity index (χ2n) is 6.80. The minimum Gasteiger partial charge on any atom is -0.329 e. The molecule has 0 atom stereocenters. The molecule has 2 aromatic heterocycles. The number of carbonyl (C=O) groups is 2. The Bertz CT molecular complexity index is 1090. The highest BCUT2D eigenvalue weighted by molar-refractivity contribution is 7.24. The van der Waals surface area contributed by atoms with Gasteiger partial charge in [0.1, 0.15) is 0 Å². The molecule has 1 aliphatic heterocycles. The van der Waals surface area contributed by atoms with Crippen LogP contribution in [-0.4, -0.2) is 41.2 Å². The molecule has 0 N–H and O–H groups in total. The van der Waals surface area contributed by atoms with Gasteiger partial charge in [-0.15, -0.1) is 22.7 Å². The van der Waals surface area contributed by atoms with Crippen molar-refractivity contribution in [1.29, 1.82) is 0 Å². The van der Waals surface area contributed by atoms with Crippen molar-refractivity contribution >= 4 is 63.8 Å². The summed E-state index contributed by atoms with van der Waals surface area (Å²) in [5, 5.41) is 0.682. The van der Waals surface area contributed by atoms with E-state index in [0.717, 1.165) is 24.5 Å². The fourth-order valence-electron chi connectivity index (χ4n) is 3.16. The first-order valence-corrected chi connectivity index (χ1v) is 11.7. The number of amides is 2. The molecular weight excluding hydrogens is 459 g/mol. The lowest BCUT2D eigenvalue weighted by molar-refractivity contribution is -0.155. The summed E-state index contributed by atoms with van der Waals surface area (Å²) in [6, 6.07) is 15.4. The van der Waals surface area contributed by atoms with Gasteiger partial charge in [-0.3, -0.25) is 9.59 Å². The molecule has 154 valence electrons. The largest absolute Gasteiger partial charge is 0.329 e. The van der Waals surface area contributed by atoms with Crippen molar-refractivity contribution in [2.45, 2.75) is 6.54 Å². The lowest BCUT2D eigenvalue weighted by Crippen LogP contribution is -2.53. The van der Waals surface area contributed by atoms with Crippen LogP contribution in [0.15, 0.2) is 54.6 Å². The van der Waals surface area contributed by atoms with Crippen molar-refractivity contribution in [2.75, 3.05) is 19.6 Å². The number of hydrogen-bond donors (Lipinski definition) is 0. The van der Waals surface area contributed by atoms with E-state index in [1.54, 1.807) is 21.1 Å². The van der Waals surface area contributed by atoms with Crippen molar-refractivity contribution in [2.24, 2.45) is 0 Å². The van der Waals surface area contributed by atoms with Crippen LogP contribution in [0.25, 0.3) is 15.8 Å². The molecule has 2 amide bonds. The van der Waals surface area contributed by atoms with Gasteiger partial charge in [0.2, 0.25) is 0 Å². The maximum atomic E-state index is 12.6. The maximum Gasteiger partial charge on any atom is 0.312 e. The van der Waals surface area contributed by atoms with Crippen LogP contribution < -0.4 is 0 Å². The summed E-state index contributed by atoms with van der Waals surface area (Å²) in [5.41, 5.74) is 0.998. The molecule has 0 saturated carbocycles. The van der Waals surface area contributed by atoms with Crippen LogP contribution in [0, 0.1) is 0 Å². The third-order valence-corrected chi connectivity index (χ3v) is 7.48. The van der Waals surface area contributed by atoms with E-state index < -0.39 is 11.8 Å². The van der Waals surface area contributed by atoms with Crippen LogP contribution in [0.3, 0.4) is 0 Å². The highest BCUT2D eigenvalue weighted by Gasteiger charge is 2.32. The molecule has 1 fully saturated rings. The summed E-state index contributed by atoms with van der Waals surface area (Å²) in [4.78, 5) is 31.6. The van der Waals surface area contributed by atoms with E-state index in [2.05, 4.69) is 0 Å². The zero-order valence-electron chi connectivity index (χ0n) is 15.9. The average molecular weight is 477 g/mol. The van der Waals surface area contributed by atoms with E-state index in [-0.39, 0.29) is 0 Å². The molecule has 0 radical (unpaired) electrons. The molecule has 4 rings (SSSR count). The van der Waals surface area contributed by atoms with E-state index in [1.807, 2.05) is 60.7 Å². The molecular formula is C22H18Cl2N2O2S2. The predicted molar refractivity (Wildman–Crippen MR) is 125 cm³/mol. The zero-order valence-corrected chi connectivity index (χ0v) is 19.0. The Balaban J connectivity index is 1.34. The minimum atomic E-state index is -0.455. The van der Waals surface area contributed by atoms with Crippen LogP contribution >= 0.6 is 45.9 Å². The quantitative estimate of drug-likeness (QED) is 0.430. The third-order valence-electron chi connectivity index (χ3n) is 4.73. The lowest BCUT2D eigenvalue weighted by Gasteiger charge is -2.33. The number of hydrogen-bond acceptors (Lipinski definition) is 4. The topological polar surface area (TPSA) is 40.6 Å². The smallest absolute Gasteiger partial charge is 0.312 e. The Morgan fingerprint density at radius 2 is 1.50 bits per heavy atom. The van der Waals surface area contributed by atoms with Crippen molar-refractivity contribution in [1.82, 2.24) is 9.80 Å². The second-order valence-corrected chi connectivity index (χ2v) is 10.1. The van der Waals surface area contributed by atoms with Crippen LogP contribution in [0.2, 0.25) is 9.36 Å². The summed E-state index contributed by atoms with van der Waals surface area (Å²) in [6.07, 6.45) is 3.81. The van der Waals surface area contributed by atoms with Gasteiger partial charge < -0.3 is 9.80 Å². The van der Waals surface area contributed by atoms with Crippen LogP contribution in [0.4, 0.5) is 0 Å². The molecule has 8 heteroatoms. The molecule has 1 saturated heterocycles. The normalized spacial score (nSPS) is 14.9. The molecule has 0 spiro atoms. The van der Waals surface area contributed by atoms with Gasteiger partial charge in [0.05, 0.1) is 10.9 Å². The maximum absolute atomic E-state index is 12.6. The summed E-state index contributed by atoms with van der Waals surface area (Å²) in [5.74, 6) is -0.904. The first-order valence-electron chi connectivity index (χ1n) is 9.34. The number of benzene rings is 1. The Morgan fingerprint density at radius 1 is 0.833 bits per heavy atom. The van der Waals surface area contributed by atoms with E-state index in [9.17, 15) is 9.59 Å². The second kappa shape index (κ2) is 9.35. The van der Waals surface area contributed by atoms with Gasteiger partial charge in [-0.2, -0.15) is 0 Å². The predicted octanol–water partition coefficient (Wildman–Crippen LogP) is 5.67. The Hall–Kier alpha value is -2.12. The molecule has 0 unspecified atom stereocenters. The number of nitrogens with zero attached hydrogens (tertiary/aromatic N) is 2. The highest BCUT2D eigenvalue weighted by atomic mass is 35.5. The SMILES string of the molecule is O=C1C(=O)N(Cc2ccc(-c3ccc(Cl)s3)s2)CCN1C/C=C/c1ccc(Cl)cc1. The van der Waals surface area contributed by atoms with Gasteiger partial charge in [-0.1, -0.05) is 47.5 Å². The minimum absolute atomic E-state index is 0.406. The molecule has 1 aliphatic rings. The number of thiophene rings is 2. The van der Waals surface area contributed by atoms with E-state index in [0.29, 0.717) is 31.2 Å². The van der Waals surface area contributed by atoms with Crippen molar-refractivity contribution < 1.29 is 9.59 Å². The molecule has 1 aromatic carbocycles. The Morgan fingerprint density at radius 3 is 2.23 bits per heavy atom. The molecule has 0 bridgehead atoms. The van der Waals surface area contributed by atoms with E-state index >= 15 is 0 Å². The summed E-state index contributed by atoms with van der Waals surface area (Å²) in [6.45, 7) is 1.90. The van der Waals surface area contributed by atoms with Gasteiger partial charge in [-0.05, 0) is 42.0 Å². The van der Waals surface area contributed by atoms with Gasteiger partial charge in [0, 0.05) is 39.3 Å². The highest BCUT2D eigenvalue weighted by Crippen LogP contribution is 2.35. The van der Waals surface area contributed by atoms with Gasteiger partial charge in [0.25, 0.3) is 0 Å². The Kier molecular flexibility index (Phi) is 6.58. The number of halogens is 2. The average Bonchev–Trinajstić information content (AvgIpc) is 3.37. The lowest BCUT2D eigenvalue weighted by atomic mass is 10.2. The van der Waals surface area contributed by atoms with Crippen LogP contribution in [0.5, 0.6) is 0 Å². The fourth-order valence-corrected chi connectivity index (χ4v) is 5.44. The Labute approximate surface area is 192 Å². The van der Waals surface area contributed by atoms with Gasteiger partial charge >= 0.3 is 11.8 Å². The summed E-state index contributed by atoms with van der Waals surface area (Å²) in [7, 11) is 0. The summed E-state index contributed by atoms with van der Waals surface area (Å²) < 4.78 is 0.752. The third kappa shape index (κ3) is 4.95. The van der Waals surface area contributed by atoms with Crippen LogP contribution in [-0.2, 0) is 16.1 Å². The van der Waals surface area contributed by atoms with E-state index in [1.165, 1.54) is 11.3 Å². The first-order chi connectivity index (χ1) is 14.5. The summed E-state index contributed by atoms with van der Waals surface area (Å²) >= 11 is 15.1. The number of carbonyl (C=O) groups excluding carboxylic acids is 2.